The standard InChI is InChI=1S/C17H21N5O2/c1-22(12-7-8-15(24-2)19-11-12)16-13-5-3-4-6-14(13)20-17(18,21-16)9-10-23/h3-8,11,20,23H,9-10,18H2,1-2H3. The molecule has 7 heteroatoms. The number of amidine groups is 1. The summed E-state index contributed by atoms with van der Waals surface area (Å²) in [5.41, 5.74) is 9.00. The van der Waals surface area contributed by atoms with Crippen LogP contribution in [0, 0.1) is 0 Å². The Morgan fingerprint density at radius 3 is 2.75 bits per heavy atom. The highest BCUT2D eigenvalue weighted by Gasteiger charge is 2.32. The maximum absolute atomic E-state index is 9.30. The number of aliphatic hydroxyl groups is 1. The van der Waals surface area contributed by atoms with E-state index in [0.717, 1.165) is 16.9 Å². The fourth-order valence-electron chi connectivity index (χ4n) is 2.66. The summed E-state index contributed by atoms with van der Waals surface area (Å²) < 4.78 is 5.10. The van der Waals surface area contributed by atoms with E-state index in [2.05, 4.69) is 15.3 Å². The maximum Gasteiger partial charge on any atom is 0.213 e. The van der Waals surface area contributed by atoms with E-state index in [4.69, 9.17) is 10.5 Å². The lowest BCUT2D eigenvalue weighted by Gasteiger charge is -2.36. The molecule has 0 bridgehead atoms. The fourth-order valence-corrected chi connectivity index (χ4v) is 2.66. The van der Waals surface area contributed by atoms with Crippen molar-refractivity contribution in [1.29, 1.82) is 0 Å². The van der Waals surface area contributed by atoms with Crippen LogP contribution < -0.4 is 20.7 Å². The van der Waals surface area contributed by atoms with E-state index in [1.54, 1.807) is 19.4 Å². The molecule has 7 nitrogen and oxygen atoms in total. The van der Waals surface area contributed by atoms with Crippen molar-refractivity contribution in [2.75, 3.05) is 31.0 Å². The number of para-hydroxylation sites is 1. The molecule has 0 saturated heterocycles. The number of hydrogen-bond acceptors (Lipinski definition) is 7. The summed E-state index contributed by atoms with van der Waals surface area (Å²) in [6, 6.07) is 11.5. The zero-order valence-corrected chi connectivity index (χ0v) is 13.7. The molecule has 24 heavy (non-hydrogen) atoms. The lowest BCUT2D eigenvalue weighted by Crippen LogP contribution is -2.51. The number of rotatable bonds is 4. The molecule has 0 saturated carbocycles. The lowest BCUT2D eigenvalue weighted by atomic mass is 10.1. The maximum atomic E-state index is 9.30. The molecule has 126 valence electrons. The van der Waals surface area contributed by atoms with Crippen molar-refractivity contribution in [1.82, 2.24) is 4.98 Å². The van der Waals surface area contributed by atoms with E-state index in [9.17, 15) is 5.11 Å². The Balaban J connectivity index is 2.02. The van der Waals surface area contributed by atoms with Crippen LogP contribution in [0.5, 0.6) is 5.88 Å². The molecule has 3 rings (SSSR count). The summed E-state index contributed by atoms with van der Waals surface area (Å²) in [4.78, 5) is 10.8. The van der Waals surface area contributed by atoms with Gasteiger partial charge in [0.2, 0.25) is 5.88 Å². The minimum absolute atomic E-state index is 0.0593. The number of nitrogens with two attached hydrogens (primary N) is 1. The Bertz CT molecular complexity index is 747. The number of pyridine rings is 1. The Kier molecular flexibility index (Phi) is 4.37. The first kappa shape index (κ1) is 16.2. The van der Waals surface area contributed by atoms with Crippen molar-refractivity contribution >= 4 is 17.2 Å². The molecule has 0 amide bonds. The van der Waals surface area contributed by atoms with Crippen LogP contribution in [0.25, 0.3) is 0 Å². The quantitative estimate of drug-likeness (QED) is 0.785. The van der Waals surface area contributed by atoms with Gasteiger partial charge in [0.1, 0.15) is 5.84 Å². The van der Waals surface area contributed by atoms with E-state index < -0.39 is 5.79 Å². The summed E-state index contributed by atoms with van der Waals surface area (Å²) >= 11 is 0. The summed E-state index contributed by atoms with van der Waals surface area (Å²) in [5, 5.41) is 12.5. The van der Waals surface area contributed by atoms with Crippen molar-refractivity contribution in [2.45, 2.75) is 12.2 Å². The average Bonchev–Trinajstić information content (AvgIpc) is 2.60. The summed E-state index contributed by atoms with van der Waals surface area (Å²) in [6.45, 7) is -0.0593. The molecular formula is C17H21N5O2. The van der Waals surface area contributed by atoms with Crippen molar-refractivity contribution in [3.63, 3.8) is 0 Å². The third-order valence-corrected chi connectivity index (χ3v) is 3.95. The monoisotopic (exact) mass is 327 g/mol. The van der Waals surface area contributed by atoms with E-state index in [-0.39, 0.29) is 6.61 Å². The minimum atomic E-state index is -1.05. The van der Waals surface area contributed by atoms with E-state index in [0.29, 0.717) is 18.1 Å². The number of nitrogens with zero attached hydrogens (tertiary/aromatic N) is 3. The van der Waals surface area contributed by atoms with Gasteiger partial charge in [-0.15, -0.1) is 0 Å². The molecule has 1 aromatic carbocycles. The Labute approximate surface area is 140 Å². The smallest absolute Gasteiger partial charge is 0.213 e. The first-order chi connectivity index (χ1) is 11.6. The molecule has 2 heterocycles. The van der Waals surface area contributed by atoms with Gasteiger partial charge >= 0.3 is 0 Å². The van der Waals surface area contributed by atoms with Crippen LogP contribution in [-0.4, -0.2) is 42.5 Å². The third-order valence-electron chi connectivity index (χ3n) is 3.95. The fraction of sp³-hybridized carbons (Fsp3) is 0.294. The molecule has 2 aromatic rings. The first-order valence-corrected chi connectivity index (χ1v) is 7.67. The zero-order chi connectivity index (χ0) is 17.2. The first-order valence-electron chi connectivity index (χ1n) is 7.67. The largest absolute Gasteiger partial charge is 0.481 e. The molecule has 1 unspecified atom stereocenters. The second kappa shape index (κ2) is 6.46. The highest BCUT2D eigenvalue weighted by molar-refractivity contribution is 6.14. The number of methoxy groups -OCH3 is 1. The topological polar surface area (TPSA) is 96.0 Å². The Morgan fingerprint density at radius 1 is 1.29 bits per heavy atom. The van der Waals surface area contributed by atoms with E-state index >= 15 is 0 Å². The predicted octanol–water partition coefficient (Wildman–Crippen LogP) is 1.39. The van der Waals surface area contributed by atoms with Crippen LogP contribution in [0.15, 0.2) is 47.6 Å². The summed E-state index contributed by atoms with van der Waals surface area (Å²) in [7, 11) is 3.49. The van der Waals surface area contributed by atoms with Crippen LogP contribution >= 0.6 is 0 Å². The number of nitrogens with one attached hydrogen (secondary N) is 1. The van der Waals surface area contributed by atoms with Gasteiger partial charge in [0, 0.05) is 37.4 Å². The Hall–Kier alpha value is -2.64. The molecule has 0 radical (unpaired) electrons. The van der Waals surface area contributed by atoms with Gasteiger partial charge in [-0.2, -0.15) is 0 Å². The predicted molar refractivity (Wildman–Crippen MR) is 94.4 cm³/mol. The van der Waals surface area contributed by atoms with Crippen LogP contribution in [0.3, 0.4) is 0 Å². The van der Waals surface area contributed by atoms with Crippen LogP contribution in [0.4, 0.5) is 11.4 Å². The second-order valence-corrected chi connectivity index (χ2v) is 5.62. The number of hydrogen-bond donors (Lipinski definition) is 3. The summed E-state index contributed by atoms with van der Waals surface area (Å²) in [6.07, 6.45) is 2.02. The zero-order valence-electron chi connectivity index (χ0n) is 13.7. The van der Waals surface area contributed by atoms with Crippen molar-refractivity contribution in [3.05, 3.63) is 48.2 Å². The average molecular weight is 327 g/mol. The normalized spacial score (nSPS) is 19.1. The molecule has 0 aliphatic carbocycles. The van der Waals surface area contributed by atoms with Gasteiger partial charge in [-0.05, 0) is 18.2 Å². The molecular weight excluding hydrogens is 306 g/mol. The number of aromatic nitrogens is 1. The molecule has 0 fully saturated rings. The van der Waals surface area contributed by atoms with E-state index in [1.165, 1.54) is 0 Å². The van der Waals surface area contributed by atoms with Crippen LogP contribution in [0.2, 0.25) is 0 Å². The van der Waals surface area contributed by atoms with Crippen molar-refractivity contribution in [3.8, 4) is 5.88 Å². The SMILES string of the molecule is COc1ccc(N(C)C2=NC(N)(CCO)Nc3ccccc32)cn1. The molecule has 1 atom stereocenters. The van der Waals surface area contributed by atoms with Gasteiger partial charge in [-0.3, -0.25) is 5.73 Å². The van der Waals surface area contributed by atoms with Crippen molar-refractivity contribution < 1.29 is 9.84 Å². The van der Waals surface area contributed by atoms with Gasteiger partial charge in [0.15, 0.2) is 5.79 Å². The van der Waals surface area contributed by atoms with Crippen LogP contribution in [0.1, 0.15) is 12.0 Å². The molecule has 4 N–H and O–H groups in total. The number of benzene rings is 1. The number of aliphatic imine (C=N–C) groups is 1. The van der Waals surface area contributed by atoms with Gasteiger partial charge in [-0.25, -0.2) is 9.98 Å². The summed E-state index contributed by atoms with van der Waals surface area (Å²) in [5.74, 6) is 0.215. The highest BCUT2D eigenvalue weighted by atomic mass is 16.5. The van der Waals surface area contributed by atoms with Crippen LogP contribution in [-0.2, 0) is 0 Å². The second-order valence-electron chi connectivity index (χ2n) is 5.62. The molecule has 1 aliphatic rings. The third kappa shape index (κ3) is 3.04. The van der Waals surface area contributed by atoms with Gasteiger partial charge in [-0.1, -0.05) is 12.1 Å². The number of anilines is 2. The molecule has 0 spiro atoms. The van der Waals surface area contributed by atoms with E-state index in [1.807, 2.05) is 42.3 Å². The van der Waals surface area contributed by atoms with Gasteiger partial charge < -0.3 is 20.1 Å². The lowest BCUT2D eigenvalue weighted by molar-refractivity contribution is 0.252. The molecule has 1 aromatic heterocycles. The minimum Gasteiger partial charge on any atom is -0.481 e. The van der Waals surface area contributed by atoms with Gasteiger partial charge in [0.05, 0.1) is 19.0 Å². The number of ether oxygens (including phenoxy) is 1. The highest BCUT2D eigenvalue weighted by Crippen LogP contribution is 2.29. The van der Waals surface area contributed by atoms with Gasteiger partial charge in [0.25, 0.3) is 0 Å². The van der Waals surface area contributed by atoms with Crippen molar-refractivity contribution in [2.24, 2.45) is 10.7 Å². The number of fused-ring (bicyclic) bond motifs is 1. The molecule has 1 aliphatic heterocycles. The number of aliphatic hydroxyl groups excluding tert-OH is 1. The Morgan fingerprint density at radius 2 is 2.08 bits per heavy atom.